The summed E-state index contributed by atoms with van der Waals surface area (Å²) < 4.78 is 59.5. The first-order valence-corrected chi connectivity index (χ1v) is 11.4. The van der Waals surface area contributed by atoms with E-state index in [1.165, 1.54) is 45.6 Å². The van der Waals surface area contributed by atoms with Crippen molar-refractivity contribution in [1.29, 1.82) is 0 Å². The molecular formula is C25H22F3N3O4S. The highest BCUT2D eigenvalue weighted by Gasteiger charge is 2.62. The number of halogens is 3. The number of benzene rings is 3. The molecule has 3 aromatic carbocycles. The van der Waals surface area contributed by atoms with Gasteiger partial charge in [0.2, 0.25) is 4.87 Å². The van der Waals surface area contributed by atoms with Gasteiger partial charge in [-0.05, 0) is 78.0 Å². The average Bonchev–Trinajstić information content (AvgIpc) is 2.88. The lowest BCUT2D eigenvalue weighted by molar-refractivity contribution is -0.167. The van der Waals surface area contributed by atoms with E-state index in [0.29, 0.717) is 40.4 Å². The Morgan fingerprint density at radius 2 is 1.28 bits per heavy atom. The number of anilines is 1. The van der Waals surface area contributed by atoms with E-state index in [1.807, 2.05) is 0 Å². The van der Waals surface area contributed by atoms with Gasteiger partial charge in [-0.25, -0.2) is 14.7 Å². The Hall–Kier alpha value is -3.86. The smallest absolute Gasteiger partial charge is 0.425 e. The molecule has 0 radical (unpaired) electrons. The molecule has 1 N–H and O–H groups in total. The van der Waals surface area contributed by atoms with E-state index < -0.39 is 17.1 Å². The molecule has 188 valence electrons. The topological polar surface area (TPSA) is 72.4 Å². The maximum atomic E-state index is 14.7. The average molecular weight is 518 g/mol. The van der Waals surface area contributed by atoms with Gasteiger partial charge < -0.3 is 19.5 Å². The third-order valence-corrected chi connectivity index (χ3v) is 6.78. The number of nitrogens with one attached hydrogen (secondary N) is 1. The second-order valence-corrected chi connectivity index (χ2v) is 8.75. The Labute approximate surface area is 209 Å². The van der Waals surface area contributed by atoms with Gasteiger partial charge in [-0.2, -0.15) is 13.2 Å². The van der Waals surface area contributed by atoms with Gasteiger partial charge in [-0.1, -0.05) is 12.1 Å². The summed E-state index contributed by atoms with van der Waals surface area (Å²) in [5, 5.41) is 2.02. The predicted octanol–water partition coefficient (Wildman–Crippen LogP) is 6.08. The molecule has 1 aliphatic heterocycles. The highest BCUT2D eigenvalue weighted by Crippen LogP contribution is 2.51. The van der Waals surface area contributed by atoms with Crippen LogP contribution in [-0.4, -0.2) is 38.7 Å². The maximum Gasteiger partial charge on any atom is 0.425 e. The first kappa shape index (κ1) is 25.2. The van der Waals surface area contributed by atoms with Crippen molar-refractivity contribution in [1.82, 2.24) is 5.32 Å². The standard InChI is InChI=1S/C25H22F3N3O4S/c1-33-19-10-4-16(5-11-19)24(25(26,27)28)30-22(32)31(18-8-14-21(35-3)15-9-18)23(36-24)29-17-6-12-20(34-2)13-7-17/h4-15H,1-3H3,(H,30,32)/t24-/m1/s1. The molecule has 0 bridgehead atoms. The van der Waals surface area contributed by atoms with E-state index in [-0.39, 0.29) is 10.7 Å². The number of amides is 2. The fraction of sp³-hybridized carbons (Fsp3) is 0.200. The third-order valence-electron chi connectivity index (χ3n) is 5.45. The van der Waals surface area contributed by atoms with E-state index in [1.54, 1.807) is 48.5 Å². The van der Waals surface area contributed by atoms with Gasteiger partial charge in [0, 0.05) is 0 Å². The molecule has 3 aromatic rings. The zero-order chi connectivity index (χ0) is 25.9. The predicted molar refractivity (Wildman–Crippen MR) is 132 cm³/mol. The molecule has 0 unspecified atom stereocenters. The van der Waals surface area contributed by atoms with Crippen LogP contribution in [0.1, 0.15) is 5.56 Å². The van der Waals surface area contributed by atoms with Crippen molar-refractivity contribution in [2.45, 2.75) is 11.0 Å². The largest absolute Gasteiger partial charge is 0.497 e. The zero-order valence-corrected chi connectivity index (χ0v) is 20.3. The molecule has 2 amide bonds. The van der Waals surface area contributed by atoms with Crippen LogP contribution in [0.25, 0.3) is 0 Å². The van der Waals surface area contributed by atoms with Crippen molar-refractivity contribution in [3.8, 4) is 17.2 Å². The second kappa shape index (κ2) is 10.0. The molecule has 0 aromatic heterocycles. The highest BCUT2D eigenvalue weighted by molar-refractivity contribution is 8.15. The molecule has 0 spiro atoms. The maximum absolute atomic E-state index is 14.7. The van der Waals surface area contributed by atoms with E-state index in [4.69, 9.17) is 14.2 Å². The minimum absolute atomic E-state index is 0.165. The second-order valence-electron chi connectivity index (χ2n) is 7.57. The number of carbonyl (C=O) groups excluding carboxylic acids is 1. The molecule has 1 aliphatic rings. The van der Waals surface area contributed by atoms with Crippen molar-refractivity contribution >= 4 is 34.3 Å². The number of hydrogen-bond donors (Lipinski definition) is 1. The normalized spacial score (nSPS) is 19.1. The fourth-order valence-electron chi connectivity index (χ4n) is 3.55. The molecule has 1 heterocycles. The summed E-state index contributed by atoms with van der Waals surface area (Å²) in [5.41, 5.74) is 0.488. The van der Waals surface area contributed by atoms with Crippen molar-refractivity contribution in [2.75, 3.05) is 26.2 Å². The number of aliphatic imine (C=N–C) groups is 1. The Kier molecular flexibility index (Phi) is 7.02. The molecular weight excluding hydrogens is 495 g/mol. The van der Waals surface area contributed by atoms with Crippen molar-refractivity contribution in [2.24, 2.45) is 4.99 Å². The van der Waals surface area contributed by atoms with Crippen molar-refractivity contribution in [3.05, 3.63) is 78.4 Å². The number of carbonyl (C=O) groups is 1. The van der Waals surface area contributed by atoms with Crippen LogP contribution in [0.15, 0.2) is 77.8 Å². The summed E-state index contributed by atoms with van der Waals surface area (Å²) >= 11 is 0.390. The van der Waals surface area contributed by atoms with E-state index in [0.717, 1.165) is 4.90 Å². The summed E-state index contributed by atoms with van der Waals surface area (Å²) in [6.07, 6.45) is -4.87. The number of methoxy groups -OCH3 is 3. The summed E-state index contributed by atoms with van der Waals surface area (Å²) in [4.78, 5) is 16.1. The summed E-state index contributed by atoms with van der Waals surface area (Å²) in [5.74, 6) is 1.47. The Morgan fingerprint density at radius 1 is 0.806 bits per heavy atom. The molecule has 1 atom stereocenters. The van der Waals surface area contributed by atoms with Crippen LogP contribution in [0, 0.1) is 0 Å². The van der Waals surface area contributed by atoms with Crippen LogP contribution in [0.4, 0.5) is 29.3 Å². The van der Waals surface area contributed by atoms with Crippen LogP contribution in [0.2, 0.25) is 0 Å². The quantitative estimate of drug-likeness (QED) is 0.429. The number of amidine groups is 1. The van der Waals surface area contributed by atoms with Crippen LogP contribution < -0.4 is 24.4 Å². The molecule has 36 heavy (non-hydrogen) atoms. The molecule has 7 nitrogen and oxygen atoms in total. The number of rotatable bonds is 6. The van der Waals surface area contributed by atoms with Gasteiger partial charge in [0.1, 0.15) is 17.2 Å². The van der Waals surface area contributed by atoms with Gasteiger partial charge in [-0.3, -0.25) is 0 Å². The summed E-state index contributed by atoms with van der Waals surface area (Å²) in [6, 6.07) is 17.2. The minimum Gasteiger partial charge on any atom is -0.497 e. The van der Waals surface area contributed by atoms with Crippen molar-refractivity contribution in [3.63, 3.8) is 0 Å². The number of nitrogens with zero attached hydrogens (tertiary/aromatic N) is 2. The fourth-order valence-corrected chi connectivity index (χ4v) is 4.76. The molecule has 0 saturated carbocycles. The monoisotopic (exact) mass is 517 g/mol. The van der Waals surface area contributed by atoms with Gasteiger partial charge in [0.05, 0.1) is 32.7 Å². The lowest BCUT2D eigenvalue weighted by atomic mass is 10.1. The van der Waals surface area contributed by atoms with Crippen LogP contribution in [0.3, 0.4) is 0 Å². The molecule has 0 aliphatic carbocycles. The lowest BCUT2D eigenvalue weighted by Crippen LogP contribution is -2.63. The SMILES string of the molecule is COc1ccc(N=C2S[C@](c3ccc(OC)cc3)(C(F)(F)F)NC(=O)N2c2ccc(OC)cc2)cc1. The Morgan fingerprint density at radius 3 is 1.75 bits per heavy atom. The van der Waals surface area contributed by atoms with Gasteiger partial charge >= 0.3 is 12.2 Å². The Bertz CT molecular complexity index is 1250. The highest BCUT2D eigenvalue weighted by atomic mass is 32.2. The molecule has 1 fully saturated rings. The third kappa shape index (κ3) is 4.78. The van der Waals surface area contributed by atoms with Crippen molar-refractivity contribution < 1.29 is 32.2 Å². The minimum atomic E-state index is -4.87. The first-order valence-electron chi connectivity index (χ1n) is 10.6. The lowest BCUT2D eigenvalue weighted by Gasteiger charge is -2.43. The van der Waals surface area contributed by atoms with Gasteiger partial charge in [-0.15, -0.1) is 0 Å². The number of urea groups is 1. The number of ether oxygens (including phenoxy) is 3. The van der Waals surface area contributed by atoms with E-state index >= 15 is 0 Å². The zero-order valence-electron chi connectivity index (χ0n) is 19.5. The van der Waals surface area contributed by atoms with Gasteiger partial charge in [0.15, 0.2) is 5.17 Å². The number of alkyl halides is 3. The molecule has 4 rings (SSSR count). The number of hydrogen-bond acceptors (Lipinski definition) is 6. The van der Waals surface area contributed by atoms with E-state index in [9.17, 15) is 18.0 Å². The van der Waals surface area contributed by atoms with Crippen LogP contribution in [-0.2, 0) is 4.87 Å². The van der Waals surface area contributed by atoms with Crippen LogP contribution >= 0.6 is 11.8 Å². The van der Waals surface area contributed by atoms with Gasteiger partial charge in [0.25, 0.3) is 0 Å². The van der Waals surface area contributed by atoms with E-state index in [2.05, 4.69) is 10.3 Å². The molecule has 1 saturated heterocycles. The van der Waals surface area contributed by atoms with Crippen LogP contribution in [0.5, 0.6) is 17.2 Å². The Balaban J connectivity index is 1.86. The number of thioether (sulfide) groups is 1. The molecule has 11 heteroatoms. The summed E-state index contributed by atoms with van der Waals surface area (Å²) in [6.45, 7) is 0. The first-order chi connectivity index (χ1) is 17.2. The summed E-state index contributed by atoms with van der Waals surface area (Å²) in [7, 11) is 4.40.